The second-order valence-electron chi connectivity index (χ2n) is 4.64. The summed E-state index contributed by atoms with van der Waals surface area (Å²) in [5.74, 6) is -1.25. The number of hydrogen-bond acceptors (Lipinski definition) is 4. The maximum absolute atomic E-state index is 12.2. The second kappa shape index (κ2) is 6.38. The molecule has 3 N–H and O–H groups in total. The molecule has 1 heterocycles. The molecule has 0 aromatic heterocycles. The quantitative estimate of drug-likeness (QED) is 0.729. The fraction of sp³-hybridized carbons (Fsp3) is 0.429. The summed E-state index contributed by atoms with van der Waals surface area (Å²) >= 11 is 0. The molecule has 0 bridgehead atoms. The molecule has 2 rings (SSSR count). The third-order valence-electron chi connectivity index (χ3n) is 3.31. The molecule has 108 valence electrons. The number of fused-ring (bicyclic) bond motifs is 1. The number of aliphatic hydroxyl groups excluding tert-OH is 1. The van der Waals surface area contributed by atoms with Crippen molar-refractivity contribution in [2.45, 2.75) is 24.8 Å². The summed E-state index contributed by atoms with van der Waals surface area (Å²) in [4.78, 5) is 23.2. The number of aliphatic hydroxyl groups is 1. The number of carboxylic acid groups (broad SMARTS) is 1. The molecule has 6 heteroatoms. The highest BCUT2D eigenvalue weighted by Crippen LogP contribution is 2.33. The highest BCUT2D eigenvalue weighted by Gasteiger charge is 2.30. The Hall–Kier alpha value is -2.08. The van der Waals surface area contributed by atoms with E-state index in [4.69, 9.17) is 14.9 Å². The van der Waals surface area contributed by atoms with Crippen LogP contribution in [0, 0.1) is 0 Å². The lowest BCUT2D eigenvalue weighted by Gasteiger charge is -2.26. The maximum Gasteiger partial charge on any atom is 0.326 e. The van der Waals surface area contributed by atoms with Crippen LogP contribution in [0.15, 0.2) is 24.3 Å². The van der Waals surface area contributed by atoms with E-state index in [1.165, 1.54) is 0 Å². The molecule has 1 aliphatic rings. The Kier molecular flexibility index (Phi) is 4.57. The van der Waals surface area contributed by atoms with Crippen LogP contribution in [0.5, 0.6) is 5.75 Å². The lowest BCUT2D eigenvalue weighted by atomic mass is 9.92. The minimum absolute atomic E-state index is 0.00800. The van der Waals surface area contributed by atoms with E-state index in [9.17, 15) is 9.59 Å². The number of ether oxygens (including phenoxy) is 1. The van der Waals surface area contributed by atoms with Crippen molar-refractivity contribution >= 4 is 11.9 Å². The Morgan fingerprint density at radius 3 is 2.85 bits per heavy atom. The molecule has 6 nitrogen and oxygen atoms in total. The molecule has 0 radical (unpaired) electrons. The smallest absolute Gasteiger partial charge is 0.326 e. The van der Waals surface area contributed by atoms with E-state index in [1.54, 1.807) is 12.1 Å². The van der Waals surface area contributed by atoms with Crippen molar-refractivity contribution in [2.24, 2.45) is 0 Å². The van der Waals surface area contributed by atoms with Crippen molar-refractivity contribution in [3.05, 3.63) is 29.8 Å². The van der Waals surface area contributed by atoms with E-state index < -0.39 is 17.9 Å². The summed E-state index contributed by atoms with van der Waals surface area (Å²) in [6.07, 6.45) is 0.500. The standard InChI is InChI=1S/C14H17NO5/c16-7-5-11(14(18)19)15-13(17)10-6-8-20-12-4-2-1-3-9(10)12/h1-4,10-11,16H,5-8H2,(H,15,17)(H,18,19)/t10?,11-/m0/s1. The summed E-state index contributed by atoms with van der Waals surface area (Å²) in [6.45, 7) is 0.133. The first-order valence-electron chi connectivity index (χ1n) is 6.49. The Morgan fingerprint density at radius 1 is 1.40 bits per heavy atom. The van der Waals surface area contributed by atoms with Gasteiger partial charge in [0.05, 0.1) is 12.5 Å². The average Bonchev–Trinajstić information content (AvgIpc) is 2.46. The number of amides is 1. The van der Waals surface area contributed by atoms with Crippen LogP contribution in [0.3, 0.4) is 0 Å². The monoisotopic (exact) mass is 279 g/mol. The van der Waals surface area contributed by atoms with Crippen LogP contribution < -0.4 is 10.1 Å². The van der Waals surface area contributed by atoms with Crippen molar-refractivity contribution < 1.29 is 24.5 Å². The Balaban J connectivity index is 2.12. The summed E-state index contributed by atoms with van der Waals surface area (Å²) in [5.41, 5.74) is 0.768. The van der Waals surface area contributed by atoms with Gasteiger partial charge in [0, 0.05) is 18.6 Å². The van der Waals surface area contributed by atoms with E-state index >= 15 is 0 Å². The first-order chi connectivity index (χ1) is 9.63. The zero-order chi connectivity index (χ0) is 14.5. The van der Waals surface area contributed by atoms with Gasteiger partial charge in [0.15, 0.2) is 0 Å². The van der Waals surface area contributed by atoms with Gasteiger partial charge in [-0.25, -0.2) is 4.79 Å². The molecule has 1 aromatic carbocycles. The number of hydrogen-bond donors (Lipinski definition) is 3. The number of carboxylic acids is 1. The van der Waals surface area contributed by atoms with E-state index in [0.29, 0.717) is 18.8 Å². The van der Waals surface area contributed by atoms with Gasteiger partial charge in [-0.1, -0.05) is 18.2 Å². The number of aliphatic carboxylic acids is 1. The van der Waals surface area contributed by atoms with Crippen molar-refractivity contribution in [1.29, 1.82) is 0 Å². The van der Waals surface area contributed by atoms with Gasteiger partial charge >= 0.3 is 5.97 Å². The van der Waals surface area contributed by atoms with Crippen LogP contribution in [0.1, 0.15) is 24.3 Å². The number of benzene rings is 1. The van der Waals surface area contributed by atoms with Crippen LogP contribution in [0.25, 0.3) is 0 Å². The van der Waals surface area contributed by atoms with Gasteiger partial charge in [0.25, 0.3) is 0 Å². The lowest BCUT2D eigenvalue weighted by Crippen LogP contribution is -2.44. The van der Waals surface area contributed by atoms with Crippen LogP contribution in [0.2, 0.25) is 0 Å². The molecule has 0 saturated carbocycles. The first kappa shape index (κ1) is 14.3. The molecule has 0 fully saturated rings. The molecule has 0 aliphatic carbocycles. The van der Waals surface area contributed by atoms with Gasteiger partial charge in [-0.2, -0.15) is 0 Å². The van der Waals surface area contributed by atoms with Gasteiger partial charge in [-0.15, -0.1) is 0 Å². The highest BCUT2D eigenvalue weighted by molar-refractivity contribution is 5.88. The molecular weight excluding hydrogens is 262 g/mol. The van der Waals surface area contributed by atoms with Crippen LogP contribution in [0.4, 0.5) is 0 Å². The second-order valence-corrected chi connectivity index (χ2v) is 4.64. The molecule has 0 spiro atoms. The first-order valence-corrected chi connectivity index (χ1v) is 6.49. The molecule has 20 heavy (non-hydrogen) atoms. The van der Waals surface area contributed by atoms with Crippen molar-refractivity contribution in [2.75, 3.05) is 13.2 Å². The molecule has 1 unspecified atom stereocenters. The predicted octanol–water partition coefficient (Wildman–Crippen LogP) is 0.504. The normalized spacial score (nSPS) is 18.6. The molecule has 0 saturated heterocycles. The molecule has 1 aliphatic heterocycles. The molecular formula is C14H17NO5. The van der Waals surface area contributed by atoms with Gasteiger partial charge in [0.1, 0.15) is 11.8 Å². The fourth-order valence-corrected chi connectivity index (χ4v) is 2.27. The highest BCUT2D eigenvalue weighted by atomic mass is 16.5. The van der Waals surface area contributed by atoms with Gasteiger partial charge in [-0.3, -0.25) is 4.79 Å². The number of carbonyl (C=O) groups excluding carboxylic acids is 1. The number of nitrogens with one attached hydrogen (secondary N) is 1. The molecule has 1 amide bonds. The maximum atomic E-state index is 12.2. The lowest BCUT2D eigenvalue weighted by molar-refractivity contribution is -0.142. The number of para-hydroxylation sites is 1. The van der Waals surface area contributed by atoms with Crippen molar-refractivity contribution in [3.63, 3.8) is 0 Å². The number of carbonyl (C=O) groups is 2. The summed E-state index contributed by atoms with van der Waals surface area (Å²) in [6, 6.07) is 6.17. The van der Waals surface area contributed by atoms with E-state index in [2.05, 4.69) is 5.32 Å². The zero-order valence-electron chi connectivity index (χ0n) is 10.9. The average molecular weight is 279 g/mol. The third-order valence-corrected chi connectivity index (χ3v) is 3.31. The van der Waals surface area contributed by atoms with Gasteiger partial charge in [-0.05, 0) is 12.5 Å². The van der Waals surface area contributed by atoms with Gasteiger partial charge in [0.2, 0.25) is 5.91 Å². The van der Waals surface area contributed by atoms with E-state index in [1.807, 2.05) is 12.1 Å². The van der Waals surface area contributed by atoms with E-state index in [-0.39, 0.29) is 18.9 Å². The van der Waals surface area contributed by atoms with E-state index in [0.717, 1.165) is 5.56 Å². The Morgan fingerprint density at radius 2 is 2.15 bits per heavy atom. The van der Waals surface area contributed by atoms with Crippen LogP contribution >= 0.6 is 0 Å². The summed E-state index contributed by atoms with van der Waals surface area (Å²) < 4.78 is 5.47. The van der Waals surface area contributed by atoms with Crippen molar-refractivity contribution in [1.82, 2.24) is 5.32 Å². The third kappa shape index (κ3) is 3.08. The minimum Gasteiger partial charge on any atom is -0.493 e. The van der Waals surface area contributed by atoms with Gasteiger partial charge < -0.3 is 20.3 Å². The fourth-order valence-electron chi connectivity index (χ4n) is 2.27. The molecule has 2 atom stereocenters. The van der Waals surface area contributed by atoms with Crippen LogP contribution in [-0.4, -0.2) is 41.3 Å². The Bertz CT molecular complexity index is 502. The molecule has 1 aromatic rings. The zero-order valence-corrected chi connectivity index (χ0v) is 10.9. The largest absolute Gasteiger partial charge is 0.493 e. The predicted molar refractivity (Wildman–Crippen MR) is 70.6 cm³/mol. The summed E-state index contributed by atoms with van der Waals surface area (Å²) in [5, 5.41) is 20.3. The van der Waals surface area contributed by atoms with Crippen LogP contribution in [-0.2, 0) is 9.59 Å². The minimum atomic E-state index is -1.15. The topological polar surface area (TPSA) is 95.9 Å². The van der Waals surface area contributed by atoms with Crippen molar-refractivity contribution in [3.8, 4) is 5.75 Å². The Labute approximate surface area is 116 Å². The summed E-state index contributed by atoms with van der Waals surface area (Å²) in [7, 11) is 0. The SMILES string of the molecule is O=C(N[C@@H](CCO)C(=O)O)C1CCOc2ccccc21. The number of rotatable bonds is 5.